The first-order chi connectivity index (χ1) is 11.7. The Kier molecular flexibility index (Phi) is 4.47. The van der Waals surface area contributed by atoms with Crippen molar-refractivity contribution in [2.24, 2.45) is 40.4 Å². The summed E-state index contributed by atoms with van der Waals surface area (Å²) in [5.74, 6) is 3.79. The summed E-state index contributed by atoms with van der Waals surface area (Å²) in [6, 6.07) is 0. The van der Waals surface area contributed by atoms with Gasteiger partial charge in [-0.2, -0.15) is 0 Å². The molecule has 142 valence electrons. The second kappa shape index (κ2) is 6.06. The maximum atomic E-state index is 10.6. The first kappa shape index (κ1) is 18.5. The van der Waals surface area contributed by atoms with Crippen molar-refractivity contribution in [1.82, 2.24) is 0 Å². The van der Waals surface area contributed by atoms with E-state index in [1.165, 1.54) is 44.9 Å². The molecule has 0 heterocycles. The van der Waals surface area contributed by atoms with Crippen LogP contribution in [0, 0.1) is 45.8 Å². The third kappa shape index (κ3) is 2.70. The van der Waals surface area contributed by atoms with Gasteiger partial charge in [0.25, 0.3) is 0 Å². The Balaban J connectivity index is 1.59. The molecule has 4 aliphatic carbocycles. The van der Waals surface area contributed by atoms with Gasteiger partial charge in [-0.05, 0) is 99.2 Å². The highest BCUT2D eigenvalue weighted by atomic mass is 79.9. The minimum Gasteiger partial charge on any atom is -0.390 e. The van der Waals surface area contributed by atoms with Crippen molar-refractivity contribution in [3.8, 4) is 0 Å². The van der Waals surface area contributed by atoms with Crippen molar-refractivity contribution < 1.29 is 5.11 Å². The monoisotopic (exact) mass is 409 g/mol. The van der Waals surface area contributed by atoms with Crippen molar-refractivity contribution in [2.45, 2.75) is 84.2 Å². The summed E-state index contributed by atoms with van der Waals surface area (Å²) in [7, 11) is 0. The van der Waals surface area contributed by atoms with E-state index in [2.05, 4.69) is 36.7 Å². The number of fused-ring (bicyclic) bond motifs is 5. The Bertz CT molecular complexity index is 560. The number of hydrogen-bond acceptors (Lipinski definition) is 2. The standard InChI is InChI=1S/C22H36BrNO/c1-20(25)10-11-21(2)14(12-20)4-5-15-16-6-7-18(19(24)13-23)22(16,3)9-8-17(15)21/h14-18,24-25H,4-13H2,1-3H3/t14-,15-,16-,17-,18+,20+,21-,22-/m0/s1. The van der Waals surface area contributed by atoms with Crippen LogP contribution >= 0.6 is 15.9 Å². The Hall–Kier alpha value is 0.110. The van der Waals surface area contributed by atoms with Crippen molar-refractivity contribution >= 4 is 21.6 Å². The lowest BCUT2D eigenvalue weighted by Gasteiger charge is -2.62. The van der Waals surface area contributed by atoms with Gasteiger partial charge >= 0.3 is 0 Å². The third-order valence-electron chi connectivity index (χ3n) is 9.52. The maximum absolute atomic E-state index is 10.6. The van der Waals surface area contributed by atoms with Crippen LogP contribution in [-0.2, 0) is 0 Å². The van der Waals surface area contributed by atoms with Crippen LogP contribution in [0.1, 0.15) is 78.6 Å². The van der Waals surface area contributed by atoms with E-state index >= 15 is 0 Å². The molecular weight excluding hydrogens is 374 g/mol. The Morgan fingerprint density at radius 1 is 0.960 bits per heavy atom. The van der Waals surface area contributed by atoms with Gasteiger partial charge in [-0.1, -0.05) is 29.8 Å². The largest absolute Gasteiger partial charge is 0.390 e. The zero-order valence-corrected chi connectivity index (χ0v) is 17.9. The van der Waals surface area contributed by atoms with Crippen molar-refractivity contribution in [1.29, 1.82) is 5.41 Å². The van der Waals surface area contributed by atoms with E-state index in [9.17, 15) is 5.11 Å². The fourth-order valence-electron chi connectivity index (χ4n) is 8.10. The van der Waals surface area contributed by atoms with Crippen molar-refractivity contribution in [2.75, 3.05) is 5.33 Å². The van der Waals surface area contributed by atoms with Gasteiger partial charge in [0.1, 0.15) is 0 Å². The number of nitrogens with one attached hydrogen (secondary N) is 1. The molecule has 0 unspecified atom stereocenters. The molecule has 4 fully saturated rings. The molecule has 8 atom stereocenters. The van der Waals surface area contributed by atoms with Crippen LogP contribution in [0.25, 0.3) is 0 Å². The Morgan fingerprint density at radius 2 is 1.68 bits per heavy atom. The fourth-order valence-corrected chi connectivity index (χ4v) is 8.49. The summed E-state index contributed by atoms with van der Waals surface area (Å²) in [5, 5.41) is 19.8. The number of rotatable bonds is 2. The number of alkyl halides is 1. The van der Waals surface area contributed by atoms with E-state index in [1.807, 2.05) is 0 Å². The minimum absolute atomic E-state index is 0.370. The van der Waals surface area contributed by atoms with Gasteiger partial charge in [0.2, 0.25) is 0 Å². The SMILES string of the molecule is C[C@@]1(O)CC[C@@]2(C)[C@@H](CC[C@@H]3[C@@H]2CC[C@]2(C)[C@@H](C(=N)CBr)CC[C@@H]32)C1. The minimum atomic E-state index is -0.427. The summed E-state index contributed by atoms with van der Waals surface area (Å²) in [5.41, 5.74) is 1.34. The molecule has 25 heavy (non-hydrogen) atoms. The summed E-state index contributed by atoms with van der Waals surface area (Å²) >= 11 is 3.55. The highest BCUT2D eigenvalue weighted by molar-refractivity contribution is 9.09. The lowest BCUT2D eigenvalue weighted by atomic mass is 9.44. The molecular formula is C22H36BrNO. The molecule has 3 heteroatoms. The van der Waals surface area contributed by atoms with E-state index < -0.39 is 5.60 Å². The third-order valence-corrected chi connectivity index (χ3v) is 10.1. The molecule has 0 radical (unpaired) electrons. The lowest BCUT2D eigenvalue weighted by molar-refractivity contribution is -0.144. The van der Waals surface area contributed by atoms with Gasteiger partial charge in [0.05, 0.1) is 5.60 Å². The molecule has 2 nitrogen and oxygen atoms in total. The molecule has 4 saturated carbocycles. The van der Waals surface area contributed by atoms with Gasteiger partial charge in [-0.25, -0.2) is 0 Å². The number of halogens is 1. The van der Waals surface area contributed by atoms with E-state index in [1.54, 1.807) is 0 Å². The summed E-state index contributed by atoms with van der Waals surface area (Å²) in [6.45, 7) is 7.15. The second-order valence-corrected chi connectivity index (χ2v) is 11.3. The quantitative estimate of drug-likeness (QED) is 0.438. The highest BCUT2D eigenvalue weighted by Gasteiger charge is 2.61. The number of hydrogen-bond donors (Lipinski definition) is 2. The van der Waals surface area contributed by atoms with Crippen LogP contribution in [0.4, 0.5) is 0 Å². The Labute approximate surface area is 162 Å². The maximum Gasteiger partial charge on any atom is 0.0622 e. The molecule has 0 aromatic heterocycles. The van der Waals surface area contributed by atoms with E-state index in [-0.39, 0.29) is 0 Å². The van der Waals surface area contributed by atoms with Gasteiger partial charge in [-0.15, -0.1) is 0 Å². The zero-order chi connectivity index (χ0) is 18.0. The molecule has 0 aromatic carbocycles. The first-order valence-corrected chi connectivity index (χ1v) is 11.7. The first-order valence-electron chi connectivity index (χ1n) is 10.6. The van der Waals surface area contributed by atoms with Gasteiger partial charge in [0.15, 0.2) is 0 Å². The smallest absolute Gasteiger partial charge is 0.0622 e. The second-order valence-electron chi connectivity index (χ2n) is 10.7. The molecule has 4 aliphatic rings. The Morgan fingerprint density at radius 3 is 2.40 bits per heavy atom. The summed E-state index contributed by atoms with van der Waals surface area (Å²) < 4.78 is 0. The lowest BCUT2D eigenvalue weighted by Crippen LogP contribution is -2.55. The predicted octanol–water partition coefficient (Wildman–Crippen LogP) is 5.81. The van der Waals surface area contributed by atoms with Gasteiger partial charge in [0, 0.05) is 17.0 Å². The van der Waals surface area contributed by atoms with Crippen LogP contribution in [0.5, 0.6) is 0 Å². The molecule has 2 N–H and O–H groups in total. The molecule has 0 aromatic rings. The van der Waals surface area contributed by atoms with Crippen molar-refractivity contribution in [3.63, 3.8) is 0 Å². The molecule has 0 bridgehead atoms. The average Bonchev–Trinajstić information content (AvgIpc) is 2.92. The van der Waals surface area contributed by atoms with Crippen molar-refractivity contribution in [3.05, 3.63) is 0 Å². The van der Waals surface area contributed by atoms with Crippen LogP contribution in [0.2, 0.25) is 0 Å². The summed E-state index contributed by atoms with van der Waals surface area (Å²) in [4.78, 5) is 0. The molecule has 0 amide bonds. The average molecular weight is 410 g/mol. The zero-order valence-electron chi connectivity index (χ0n) is 16.3. The summed E-state index contributed by atoms with van der Waals surface area (Å²) in [6.07, 6.45) is 11.2. The van der Waals surface area contributed by atoms with Crippen LogP contribution in [0.15, 0.2) is 0 Å². The van der Waals surface area contributed by atoms with Crippen LogP contribution in [0.3, 0.4) is 0 Å². The highest BCUT2D eigenvalue weighted by Crippen LogP contribution is 2.68. The molecule has 4 rings (SSSR count). The predicted molar refractivity (Wildman–Crippen MR) is 107 cm³/mol. The van der Waals surface area contributed by atoms with E-state index in [0.717, 1.165) is 47.6 Å². The topological polar surface area (TPSA) is 44.1 Å². The van der Waals surface area contributed by atoms with E-state index in [4.69, 9.17) is 5.41 Å². The normalized spacial score (nSPS) is 55.2. The van der Waals surface area contributed by atoms with Gasteiger partial charge < -0.3 is 10.5 Å². The number of aliphatic hydroxyl groups is 1. The van der Waals surface area contributed by atoms with Crippen LogP contribution < -0.4 is 0 Å². The molecule has 0 saturated heterocycles. The molecule has 0 aliphatic heterocycles. The van der Waals surface area contributed by atoms with Gasteiger partial charge in [-0.3, -0.25) is 0 Å². The van der Waals surface area contributed by atoms with E-state index in [0.29, 0.717) is 16.7 Å². The molecule has 0 spiro atoms. The van der Waals surface area contributed by atoms with Crippen LogP contribution in [-0.4, -0.2) is 21.7 Å². The fraction of sp³-hybridized carbons (Fsp3) is 0.955.